The molecule has 0 fully saturated rings. The summed E-state index contributed by atoms with van der Waals surface area (Å²) in [6.45, 7) is 6.37. The van der Waals surface area contributed by atoms with Crippen molar-refractivity contribution < 1.29 is 4.39 Å². The lowest BCUT2D eigenvalue weighted by molar-refractivity contribution is 0.334. The van der Waals surface area contributed by atoms with Gasteiger partial charge in [0.05, 0.1) is 0 Å². The van der Waals surface area contributed by atoms with Crippen LogP contribution in [0.5, 0.6) is 0 Å². The normalized spacial score (nSPS) is 15.4. The molecule has 0 spiro atoms. The SMILES string of the molecule is CC(C)C(C)(CN)c1c(F)cccc1Cl. The molecule has 0 aliphatic heterocycles. The molecule has 0 radical (unpaired) electrons. The molecule has 0 heterocycles. The number of halogens is 2. The van der Waals surface area contributed by atoms with E-state index in [2.05, 4.69) is 0 Å². The van der Waals surface area contributed by atoms with Gasteiger partial charge in [0.2, 0.25) is 0 Å². The molecule has 0 amide bonds. The van der Waals surface area contributed by atoms with Gasteiger partial charge in [-0.25, -0.2) is 4.39 Å². The Morgan fingerprint density at radius 1 is 1.47 bits per heavy atom. The van der Waals surface area contributed by atoms with Gasteiger partial charge in [0, 0.05) is 22.5 Å². The molecule has 1 rings (SSSR count). The van der Waals surface area contributed by atoms with Gasteiger partial charge in [-0.2, -0.15) is 0 Å². The number of rotatable bonds is 3. The Kier molecular flexibility index (Phi) is 3.74. The van der Waals surface area contributed by atoms with Crippen LogP contribution in [0.1, 0.15) is 26.3 Å². The van der Waals surface area contributed by atoms with Crippen molar-refractivity contribution in [1.82, 2.24) is 0 Å². The highest BCUT2D eigenvalue weighted by Crippen LogP contribution is 2.37. The van der Waals surface area contributed by atoms with E-state index in [9.17, 15) is 4.39 Å². The minimum Gasteiger partial charge on any atom is -0.330 e. The van der Waals surface area contributed by atoms with E-state index in [0.717, 1.165) is 0 Å². The molecule has 15 heavy (non-hydrogen) atoms. The quantitative estimate of drug-likeness (QED) is 0.845. The van der Waals surface area contributed by atoms with Gasteiger partial charge in [-0.3, -0.25) is 0 Å². The summed E-state index contributed by atoms with van der Waals surface area (Å²) in [5, 5.41) is 0.455. The summed E-state index contributed by atoms with van der Waals surface area (Å²) in [6.07, 6.45) is 0. The van der Waals surface area contributed by atoms with Crippen molar-refractivity contribution in [2.45, 2.75) is 26.2 Å². The third-order valence-corrected chi connectivity index (χ3v) is 3.55. The Balaban J connectivity index is 3.35. The fourth-order valence-electron chi connectivity index (χ4n) is 1.67. The summed E-state index contributed by atoms with van der Waals surface area (Å²) in [4.78, 5) is 0. The molecule has 3 heteroatoms. The van der Waals surface area contributed by atoms with Crippen molar-refractivity contribution in [3.05, 3.63) is 34.6 Å². The van der Waals surface area contributed by atoms with E-state index < -0.39 is 5.41 Å². The average Bonchev–Trinajstić information content (AvgIpc) is 2.16. The van der Waals surface area contributed by atoms with E-state index >= 15 is 0 Å². The lowest BCUT2D eigenvalue weighted by atomic mass is 9.73. The van der Waals surface area contributed by atoms with E-state index in [1.807, 2.05) is 20.8 Å². The zero-order valence-corrected chi connectivity index (χ0v) is 10.1. The topological polar surface area (TPSA) is 26.0 Å². The number of benzene rings is 1. The van der Waals surface area contributed by atoms with Gasteiger partial charge < -0.3 is 5.73 Å². The van der Waals surface area contributed by atoms with Crippen LogP contribution in [0.15, 0.2) is 18.2 Å². The van der Waals surface area contributed by atoms with Crippen LogP contribution >= 0.6 is 11.6 Å². The molecule has 1 nitrogen and oxygen atoms in total. The zero-order valence-electron chi connectivity index (χ0n) is 9.35. The Morgan fingerprint density at radius 2 is 2.07 bits per heavy atom. The smallest absolute Gasteiger partial charge is 0.128 e. The maximum absolute atomic E-state index is 13.8. The van der Waals surface area contributed by atoms with Crippen molar-refractivity contribution in [3.8, 4) is 0 Å². The molecule has 0 aliphatic rings. The molecule has 1 atom stereocenters. The Hall–Kier alpha value is -0.600. The van der Waals surface area contributed by atoms with Gasteiger partial charge in [0.1, 0.15) is 5.82 Å². The van der Waals surface area contributed by atoms with Crippen LogP contribution in [0, 0.1) is 11.7 Å². The predicted molar refractivity (Wildman–Crippen MR) is 62.7 cm³/mol. The molecular weight excluding hydrogens is 213 g/mol. The molecule has 0 saturated carbocycles. The van der Waals surface area contributed by atoms with E-state index in [4.69, 9.17) is 17.3 Å². The lowest BCUT2D eigenvalue weighted by Gasteiger charge is -2.34. The van der Waals surface area contributed by atoms with Crippen LogP contribution in [0.2, 0.25) is 5.02 Å². The van der Waals surface area contributed by atoms with Crippen LogP contribution < -0.4 is 5.73 Å². The second-order valence-electron chi connectivity index (χ2n) is 4.37. The van der Waals surface area contributed by atoms with Crippen LogP contribution in [0.4, 0.5) is 4.39 Å². The molecule has 1 aromatic rings. The van der Waals surface area contributed by atoms with Gasteiger partial charge >= 0.3 is 0 Å². The number of hydrogen-bond donors (Lipinski definition) is 1. The van der Waals surface area contributed by atoms with Crippen molar-refractivity contribution in [2.24, 2.45) is 11.7 Å². The summed E-state index contributed by atoms with van der Waals surface area (Å²) in [7, 11) is 0. The van der Waals surface area contributed by atoms with Crippen molar-refractivity contribution in [1.29, 1.82) is 0 Å². The lowest BCUT2D eigenvalue weighted by Crippen LogP contribution is -2.38. The second-order valence-corrected chi connectivity index (χ2v) is 4.78. The van der Waals surface area contributed by atoms with Crippen molar-refractivity contribution in [2.75, 3.05) is 6.54 Å². The summed E-state index contributed by atoms with van der Waals surface area (Å²) < 4.78 is 13.8. The van der Waals surface area contributed by atoms with Crippen molar-refractivity contribution in [3.63, 3.8) is 0 Å². The first-order valence-corrected chi connectivity index (χ1v) is 5.46. The predicted octanol–water partition coefficient (Wildman–Crippen LogP) is 3.35. The molecule has 0 saturated heterocycles. The third kappa shape index (κ3) is 2.16. The Bertz CT molecular complexity index is 331. The molecule has 2 N–H and O–H groups in total. The first-order chi connectivity index (χ1) is 6.93. The van der Waals surface area contributed by atoms with Gasteiger partial charge in [-0.15, -0.1) is 0 Å². The first kappa shape index (κ1) is 12.5. The highest BCUT2D eigenvalue weighted by molar-refractivity contribution is 6.31. The van der Waals surface area contributed by atoms with Crippen LogP contribution in [-0.4, -0.2) is 6.54 Å². The zero-order chi connectivity index (χ0) is 11.6. The molecular formula is C12H17ClFN. The fourth-order valence-corrected chi connectivity index (χ4v) is 2.05. The van der Waals surface area contributed by atoms with E-state index in [0.29, 0.717) is 17.1 Å². The van der Waals surface area contributed by atoms with E-state index in [1.54, 1.807) is 12.1 Å². The summed E-state index contributed by atoms with van der Waals surface area (Å²) in [5.74, 6) is -0.0407. The fraction of sp³-hybridized carbons (Fsp3) is 0.500. The molecule has 1 aromatic carbocycles. The summed E-state index contributed by atoms with van der Waals surface area (Å²) in [5.41, 5.74) is 5.87. The maximum atomic E-state index is 13.8. The van der Waals surface area contributed by atoms with Crippen LogP contribution in [-0.2, 0) is 5.41 Å². The molecule has 0 aromatic heterocycles. The van der Waals surface area contributed by atoms with Crippen LogP contribution in [0.3, 0.4) is 0 Å². The molecule has 1 unspecified atom stereocenters. The van der Waals surface area contributed by atoms with E-state index in [1.165, 1.54) is 6.07 Å². The standard InChI is InChI=1S/C12H17ClFN/c1-8(2)12(3,7-15)11-9(13)5-4-6-10(11)14/h4-6,8H,7,15H2,1-3H3. The molecule has 84 valence electrons. The maximum Gasteiger partial charge on any atom is 0.128 e. The highest BCUT2D eigenvalue weighted by atomic mass is 35.5. The Labute approximate surface area is 95.4 Å². The minimum atomic E-state index is -0.414. The van der Waals surface area contributed by atoms with Crippen LogP contribution in [0.25, 0.3) is 0 Å². The third-order valence-electron chi connectivity index (χ3n) is 3.23. The second kappa shape index (κ2) is 4.50. The van der Waals surface area contributed by atoms with Crippen molar-refractivity contribution >= 4 is 11.6 Å². The number of hydrogen-bond acceptors (Lipinski definition) is 1. The van der Waals surface area contributed by atoms with Gasteiger partial charge in [-0.1, -0.05) is 38.4 Å². The first-order valence-electron chi connectivity index (χ1n) is 5.08. The van der Waals surface area contributed by atoms with E-state index in [-0.39, 0.29) is 11.7 Å². The molecule has 0 bridgehead atoms. The highest BCUT2D eigenvalue weighted by Gasteiger charge is 2.33. The molecule has 0 aliphatic carbocycles. The average molecular weight is 230 g/mol. The van der Waals surface area contributed by atoms with Gasteiger partial charge in [-0.05, 0) is 18.1 Å². The Morgan fingerprint density at radius 3 is 2.47 bits per heavy atom. The number of nitrogens with two attached hydrogens (primary N) is 1. The van der Waals surface area contributed by atoms with Gasteiger partial charge in [0.15, 0.2) is 0 Å². The largest absolute Gasteiger partial charge is 0.330 e. The monoisotopic (exact) mass is 229 g/mol. The minimum absolute atomic E-state index is 0.233. The summed E-state index contributed by atoms with van der Waals surface area (Å²) in [6, 6.07) is 4.74. The summed E-state index contributed by atoms with van der Waals surface area (Å²) >= 11 is 6.04. The van der Waals surface area contributed by atoms with Gasteiger partial charge in [0.25, 0.3) is 0 Å².